The first-order valence-corrected chi connectivity index (χ1v) is 9.83. The van der Waals surface area contributed by atoms with E-state index in [1.165, 1.54) is 56.9 Å². The summed E-state index contributed by atoms with van der Waals surface area (Å²) in [5.41, 5.74) is 1.54. The number of halogens is 3. The molecule has 26 heavy (non-hydrogen) atoms. The molecular formula is C23H27F3. The van der Waals surface area contributed by atoms with Crippen molar-refractivity contribution < 1.29 is 13.2 Å². The van der Waals surface area contributed by atoms with E-state index in [2.05, 4.69) is 6.92 Å². The highest BCUT2D eigenvalue weighted by Crippen LogP contribution is 2.38. The van der Waals surface area contributed by atoms with Gasteiger partial charge in [-0.25, -0.2) is 13.2 Å². The summed E-state index contributed by atoms with van der Waals surface area (Å²) in [4.78, 5) is 0. The lowest BCUT2D eigenvalue weighted by atomic mass is 9.77. The standard InChI is InChI=1S/C23H27F3/c1-2-3-4-5-16-6-8-17(9-7-16)18-10-12-19(13-11-18)23-21(25)14-20(24)15-22(23)26/h10-17H,2-9H2,1H3. The van der Waals surface area contributed by atoms with Gasteiger partial charge in [-0.1, -0.05) is 56.9 Å². The van der Waals surface area contributed by atoms with Crippen LogP contribution in [0.4, 0.5) is 13.2 Å². The van der Waals surface area contributed by atoms with Crippen LogP contribution < -0.4 is 0 Å². The minimum absolute atomic E-state index is 0.155. The number of benzene rings is 2. The van der Waals surface area contributed by atoms with Crippen LogP contribution in [0.1, 0.15) is 69.8 Å². The number of unbranched alkanes of at least 4 members (excludes halogenated alkanes) is 2. The lowest BCUT2D eigenvalue weighted by molar-refractivity contribution is 0.303. The molecule has 1 fully saturated rings. The second-order valence-corrected chi connectivity index (χ2v) is 7.58. The highest BCUT2D eigenvalue weighted by Gasteiger charge is 2.22. The molecule has 0 atom stereocenters. The van der Waals surface area contributed by atoms with Crippen molar-refractivity contribution in [3.05, 3.63) is 59.4 Å². The van der Waals surface area contributed by atoms with Gasteiger partial charge in [-0.15, -0.1) is 0 Å². The third kappa shape index (κ3) is 4.49. The van der Waals surface area contributed by atoms with Crippen molar-refractivity contribution in [1.82, 2.24) is 0 Å². The Balaban J connectivity index is 1.64. The van der Waals surface area contributed by atoms with Crippen molar-refractivity contribution in [3.8, 4) is 11.1 Å². The van der Waals surface area contributed by atoms with Gasteiger partial charge in [0.15, 0.2) is 0 Å². The Hall–Kier alpha value is -1.77. The Morgan fingerprint density at radius 3 is 2.04 bits per heavy atom. The van der Waals surface area contributed by atoms with Crippen molar-refractivity contribution in [2.24, 2.45) is 5.92 Å². The van der Waals surface area contributed by atoms with Gasteiger partial charge in [0, 0.05) is 12.1 Å². The maximum Gasteiger partial charge on any atom is 0.136 e. The fraction of sp³-hybridized carbons (Fsp3) is 0.478. The molecular weight excluding hydrogens is 333 g/mol. The van der Waals surface area contributed by atoms with Gasteiger partial charge in [0.25, 0.3) is 0 Å². The molecule has 0 unspecified atom stereocenters. The van der Waals surface area contributed by atoms with Crippen LogP contribution in [-0.2, 0) is 0 Å². The smallest absolute Gasteiger partial charge is 0.136 e. The van der Waals surface area contributed by atoms with E-state index in [0.29, 0.717) is 11.5 Å². The van der Waals surface area contributed by atoms with Crippen LogP contribution in [0.3, 0.4) is 0 Å². The normalized spacial score (nSPS) is 20.3. The molecule has 140 valence electrons. The molecule has 2 aromatic rings. The van der Waals surface area contributed by atoms with Crippen molar-refractivity contribution in [2.75, 3.05) is 0 Å². The maximum atomic E-state index is 13.9. The summed E-state index contributed by atoms with van der Waals surface area (Å²) in [5, 5.41) is 0. The third-order valence-corrected chi connectivity index (χ3v) is 5.74. The van der Waals surface area contributed by atoms with E-state index in [9.17, 15) is 13.2 Å². The molecule has 3 rings (SSSR count). The van der Waals surface area contributed by atoms with Crippen LogP contribution in [0.2, 0.25) is 0 Å². The van der Waals surface area contributed by atoms with Crippen LogP contribution in [0, 0.1) is 23.4 Å². The van der Waals surface area contributed by atoms with Crippen LogP contribution >= 0.6 is 0 Å². The fourth-order valence-corrected chi connectivity index (χ4v) is 4.21. The summed E-state index contributed by atoms with van der Waals surface area (Å²) < 4.78 is 41.0. The molecule has 1 aliphatic rings. The second kappa shape index (κ2) is 8.75. The van der Waals surface area contributed by atoms with Crippen LogP contribution in [-0.4, -0.2) is 0 Å². The summed E-state index contributed by atoms with van der Waals surface area (Å²) in [6, 6.07) is 8.90. The van der Waals surface area contributed by atoms with Crippen molar-refractivity contribution >= 4 is 0 Å². The first-order chi connectivity index (χ1) is 12.6. The maximum absolute atomic E-state index is 13.9. The van der Waals surface area contributed by atoms with E-state index < -0.39 is 17.5 Å². The molecule has 0 heterocycles. The van der Waals surface area contributed by atoms with Crippen LogP contribution in [0.5, 0.6) is 0 Å². The van der Waals surface area contributed by atoms with Gasteiger partial charge in [0.1, 0.15) is 17.5 Å². The van der Waals surface area contributed by atoms with E-state index in [0.717, 1.165) is 18.1 Å². The molecule has 0 N–H and O–H groups in total. The van der Waals surface area contributed by atoms with Crippen molar-refractivity contribution in [2.45, 2.75) is 64.2 Å². The molecule has 3 heteroatoms. The zero-order valence-corrected chi connectivity index (χ0v) is 15.4. The van der Waals surface area contributed by atoms with Crippen LogP contribution in [0.25, 0.3) is 11.1 Å². The number of hydrogen-bond acceptors (Lipinski definition) is 0. The lowest BCUT2D eigenvalue weighted by Crippen LogP contribution is -2.13. The number of rotatable bonds is 6. The summed E-state index contributed by atoms with van der Waals surface area (Å²) in [7, 11) is 0. The Morgan fingerprint density at radius 1 is 0.846 bits per heavy atom. The van der Waals surface area contributed by atoms with Crippen molar-refractivity contribution in [3.63, 3.8) is 0 Å². The quantitative estimate of drug-likeness (QED) is 0.465. The molecule has 2 aromatic carbocycles. The Kier molecular flexibility index (Phi) is 6.39. The summed E-state index contributed by atoms with van der Waals surface area (Å²) in [6.45, 7) is 2.24. The van der Waals surface area contributed by atoms with Gasteiger partial charge in [-0.3, -0.25) is 0 Å². The van der Waals surface area contributed by atoms with E-state index in [1.54, 1.807) is 12.1 Å². The zero-order valence-electron chi connectivity index (χ0n) is 15.4. The first kappa shape index (κ1) is 19.0. The average molecular weight is 360 g/mol. The van der Waals surface area contributed by atoms with E-state index in [1.807, 2.05) is 12.1 Å². The second-order valence-electron chi connectivity index (χ2n) is 7.58. The summed E-state index contributed by atoms with van der Waals surface area (Å²) in [6.07, 6.45) is 10.2. The van der Waals surface area contributed by atoms with Gasteiger partial charge in [0.2, 0.25) is 0 Å². The molecule has 0 saturated heterocycles. The van der Waals surface area contributed by atoms with E-state index >= 15 is 0 Å². The Labute approximate surface area is 154 Å². The average Bonchev–Trinajstić information content (AvgIpc) is 2.62. The molecule has 0 aliphatic heterocycles. The molecule has 0 radical (unpaired) electrons. The summed E-state index contributed by atoms with van der Waals surface area (Å²) in [5.74, 6) is -1.21. The number of hydrogen-bond donors (Lipinski definition) is 0. The highest BCUT2D eigenvalue weighted by molar-refractivity contribution is 5.65. The highest BCUT2D eigenvalue weighted by atomic mass is 19.1. The minimum Gasteiger partial charge on any atom is -0.207 e. The van der Waals surface area contributed by atoms with Gasteiger partial charge in [-0.2, -0.15) is 0 Å². The van der Waals surface area contributed by atoms with Crippen LogP contribution in [0.15, 0.2) is 36.4 Å². The van der Waals surface area contributed by atoms with Crippen molar-refractivity contribution in [1.29, 1.82) is 0 Å². The Morgan fingerprint density at radius 2 is 1.46 bits per heavy atom. The molecule has 0 bridgehead atoms. The van der Waals surface area contributed by atoms with Gasteiger partial charge in [-0.05, 0) is 48.6 Å². The zero-order chi connectivity index (χ0) is 18.5. The fourth-order valence-electron chi connectivity index (χ4n) is 4.21. The molecule has 1 saturated carbocycles. The molecule has 0 spiro atoms. The molecule has 1 aliphatic carbocycles. The largest absolute Gasteiger partial charge is 0.207 e. The van der Waals surface area contributed by atoms with Gasteiger partial charge in [0.05, 0.1) is 5.56 Å². The third-order valence-electron chi connectivity index (χ3n) is 5.74. The molecule has 0 aromatic heterocycles. The van der Waals surface area contributed by atoms with Gasteiger partial charge < -0.3 is 0 Å². The van der Waals surface area contributed by atoms with Gasteiger partial charge >= 0.3 is 0 Å². The topological polar surface area (TPSA) is 0 Å². The SMILES string of the molecule is CCCCCC1CCC(c2ccc(-c3c(F)cc(F)cc3F)cc2)CC1. The Bertz CT molecular complexity index is 690. The minimum atomic E-state index is -0.893. The monoisotopic (exact) mass is 360 g/mol. The predicted molar refractivity (Wildman–Crippen MR) is 101 cm³/mol. The molecule has 0 nitrogen and oxygen atoms in total. The molecule has 0 amide bonds. The van der Waals surface area contributed by atoms with E-state index in [4.69, 9.17) is 0 Å². The lowest BCUT2D eigenvalue weighted by Gasteiger charge is -2.29. The first-order valence-electron chi connectivity index (χ1n) is 9.83. The van der Waals surface area contributed by atoms with E-state index in [-0.39, 0.29) is 5.56 Å². The summed E-state index contributed by atoms with van der Waals surface area (Å²) >= 11 is 0. The predicted octanol–water partition coefficient (Wildman–Crippen LogP) is 7.63.